The zero-order chi connectivity index (χ0) is 12.0. The monoisotopic (exact) mass is 213 g/mol. The van der Waals surface area contributed by atoms with Crippen LogP contribution in [0, 0.1) is 18.3 Å². The van der Waals surface area contributed by atoms with Gasteiger partial charge in [-0.1, -0.05) is 42.0 Å². The van der Waals surface area contributed by atoms with Gasteiger partial charge < -0.3 is 5.11 Å². The van der Waals surface area contributed by atoms with Gasteiger partial charge in [0.1, 0.15) is 11.6 Å². The Hall–Kier alpha value is -2.34. The van der Waals surface area contributed by atoms with Crippen molar-refractivity contribution in [2.45, 2.75) is 6.92 Å². The summed E-state index contributed by atoms with van der Waals surface area (Å²) in [5.74, 6) is -1.21. The Kier molecular flexibility index (Phi) is 4.05. The van der Waals surface area contributed by atoms with Crippen LogP contribution in [0.3, 0.4) is 0 Å². The van der Waals surface area contributed by atoms with E-state index in [0.29, 0.717) is 0 Å². The van der Waals surface area contributed by atoms with Gasteiger partial charge in [-0.2, -0.15) is 5.26 Å². The predicted molar refractivity (Wildman–Crippen MR) is 61.5 cm³/mol. The average molecular weight is 213 g/mol. The van der Waals surface area contributed by atoms with E-state index >= 15 is 0 Å². The Labute approximate surface area is 94.0 Å². The summed E-state index contributed by atoms with van der Waals surface area (Å²) in [7, 11) is 0. The molecule has 0 aliphatic carbocycles. The quantitative estimate of drug-likeness (QED) is 0.476. The summed E-state index contributed by atoms with van der Waals surface area (Å²) in [6.45, 7) is 1.99. The highest BCUT2D eigenvalue weighted by Gasteiger charge is 2.02. The highest BCUT2D eigenvalue weighted by atomic mass is 16.4. The lowest BCUT2D eigenvalue weighted by Gasteiger charge is -1.93. The van der Waals surface area contributed by atoms with Gasteiger partial charge in [0.05, 0.1) is 0 Å². The molecule has 0 heterocycles. The second-order valence-electron chi connectivity index (χ2n) is 3.27. The minimum Gasteiger partial charge on any atom is -0.477 e. The Morgan fingerprint density at radius 3 is 2.50 bits per heavy atom. The number of hydrogen-bond acceptors (Lipinski definition) is 2. The molecule has 0 bridgehead atoms. The smallest absolute Gasteiger partial charge is 0.346 e. The first-order valence-electron chi connectivity index (χ1n) is 4.72. The van der Waals surface area contributed by atoms with Gasteiger partial charge >= 0.3 is 5.97 Å². The maximum absolute atomic E-state index is 10.5. The molecule has 0 saturated heterocycles. The van der Waals surface area contributed by atoms with Gasteiger partial charge in [-0.05, 0) is 18.6 Å². The average Bonchev–Trinajstić information content (AvgIpc) is 2.26. The molecule has 3 heteroatoms. The predicted octanol–water partition coefficient (Wildman–Crippen LogP) is 2.54. The van der Waals surface area contributed by atoms with Gasteiger partial charge in [-0.3, -0.25) is 0 Å². The molecule has 1 N–H and O–H groups in total. The van der Waals surface area contributed by atoms with E-state index in [4.69, 9.17) is 10.4 Å². The van der Waals surface area contributed by atoms with Crippen LogP contribution in [0.25, 0.3) is 6.08 Å². The molecule has 0 atom stereocenters. The van der Waals surface area contributed by atoms with Crippen LogP contribution in [0.2, 0.25) is 0 Å². The molecule has 0 saturated carbocycles. The van der Waals surface area contributed by atoms with E-state index in [2.05, 4.69) is 0 Å². The molecule has 0 aliphatic heterocycles. The summed E-state index contributed by atoms with van der Waals surface area (Å²) >= 11 is 0. The molecule has 16 heavy (non-hydrogen) atoms. The van der Waals surface area contributed by atoms with Crippen LogP contribution in [-0.4, -0.2) is 11.1 Å². The van der Waals surface area contributed by atoms with Crippen molar-refractivity contribution in [3.05, 3.63) is 53.1 Å². The summed E-state index contributed by atoms with van der Waals surface area (Å²) in [6, 6.07) is 9.38. The fraction of sp³-hybridized carbons (Fsp3) is 0.0769. The van der Waals surface area contributed by atoms with Crippen LogP contribution in [0.1, 0.15) is 11.1 Å². The van der Waals surface area contributed by atoms with Crippen molar-refractivity contribution in [2.24, 2.45) is 0 Å². The number of aliphatic carboxylic acids is 1. The lowest BCUT2D eigenvalue weighted by molar-refractivity contribution is -0.132. The summed E-state index contributed by atoms with van der Waals surface area (Å²) in [6.07, 6.45) is 4.58. The van der Waals surface area contributed by atoms with Gasteiger partial charge in [0.25, 0.3) is 0 Å². The summed E-state index contributed by atoms with van der Waals surface area (Å²) in [5.41, 5.74) is 1.85. The highest BCUT2D eigenvalue weighted by molar-refractivity contribution is 5.91. The molecule has 0 fully saturated rings. The van der Waals surface area contributed by atoms with E-state index in [-0.39, 0.29) is 5.57 Å². The van der Waals surface area contributed by atoms with Crippen LogP contribution in [0.4, 0.5) is 0 Å². The number of hydrogen-bond donors (Lipinski definition) is 1. The Balaban J connectivity index is 2.79. The number of allylic oxidation sites excluding steroid dienone is 2. The third kappa shape index (κ3) is 3.43. The summed E-state index contributed by atoms with van der Waals surface area (Å²) in [5, 5.41) is 17.1. The lowest BCUT2D eigenvalue weighted by atomic mass is 10.1. The number of carboxylic acid groups (broad SMARTS) is 1. The molecular weight excluding hydrogens is 202 g/mol. The van der Waals surface area contributed by atoms with Gasteiger partial charge in [0, 0.05) is 0 Å². The first-order chi connectivity index (χ1) is 7.63. The van der Waals surface area contributed by atoms with E-state index in [1.807, 2.05) is 31.2 Å². The first-order valence-corrected chi connectivity index (χ1v) is 4.72. The van der Waals surface area contributed by atoms with E-state index in [0.717, 1.165) is 11.1 Å². The zero-order valence-electron chi connectivity index (χ0n) is 8.84. The molecule has 0 aliphatic rings. The molecule has 80 valence electrons. The van der Waals surface area contributed by atoms with Crippen LogP contribution in [0.15, 0.2) is 42.0 Å². The second-order valence-corrected chi connectivity index (χ2v) is 3.27. The van der Waals surface area contributed by atoms with Crippen LogP contribution in [0.5, 0.6) is 0 Å². The Morgan fingerprint density at radius 1 is 1.38 bits per heavy atom. The number of aryl methyl sites for hydroxylation is 1. The van der Waals surface area contributed by atoms with Crippen molar-refractivity contribution < 1.29 is 9.90 Å². The van der Waals surface area contributed by atoms with Crippen molar-refractivity contribution in [2.75, 3.05) is 0 Å². The normalized spacial score (nSPS) is 11.4. The van der Waals surface area contributed by atoms with Gasteiger partial charge in [0.2, 0.25) is 0 Å². The van der Waals surface area contributed by atoms with Crippen LogP contribution >= 0.6 is 0 Å². The van der Waals surface area contributed by atoms with Crippen LogP contribution < -0.4 is 0 Å². The topological polar surface area (TPSA) is 61.1 Å². The van der Waals surface area contributed by atoms with E-state index < -0.39 is 5.97 Å². The minimum absolute atomic E-state index is 0.275. The van der Waals surface area contributed by atoms with Crippen molar-refractivity contribution in [3.8, 4) is 6.07 Å². The minimum atomic E-state index is -1.21. The molecule has 0 radical (unpaired) electrons. The maximum atomic E-state index is 10.5. The number of nitriles is 1. The number of benzene rings is 1. The summed E-state index contributed by atoms with van der Waals surface area (Å²) in [4.78, 5) is 10.5. The Morgan fingerprint density at radius 2 is 2.00 bits per heavy atom. The van der Waals surface area contributed by atoms with Crippen LogP contribution in [-0.2, 0) is 4.79 Å². The van der Waals surface area contributed by atoms with E-state index in [1.54, 1.807) is 18.2 Å². The third-order valence-corrected chi connectivity index (χ3v) is 1.98. The van der Waals surface area contributed by atoms with Crippen molar-refractivity contribution >= 4 is 12.0 Å². The SMILES string of the molecule is Cc1ccc(C=CC=C(C#N)C(=O)O)cc1. The molecule has 0 spiro atoms. The van der Waals surface area contributed by atoms with E-state index in [1.165, 1.54) is 6.08 Å². The summed E-state index contributed by atoms with van der Waals surface area (Å²) < 4.78 is 0. The molecule has 1 aromatic rings. The number of nitrogens with zero attached hydrogens (tertiary/aromatic N) is 1. The molecule has 3 nitrogen and oxygen atoms in total. The van der Waals surface area contributed by atoms with Crippen molar-refractivity contribution in [1.29, 1.82) is 5.26 Å². The lowest BCUT2D eigenvalue weighted by Crippen LogP contribution is -1.96. The van der Waals surface area contributed by atoms with Crippen molar-refractivity contribution in [3.63, 3.8) is 0 Å². The molecule has 0 aromatic heterocycles. The fourth-order valence-electron chi connectivity index (χ4n) is 1.09. The van der Waals surface area contributed by atoms with E-state index in [9.17, 15) is 4.79 Å². The molecule has 1 rings (SSSR count). The van der Waals surface area contributed by atoms with Gasteiger partial charge in [-0.25, -0.2) is 4.79 Å². The number of carbonyl (C=O) groups is 1. The second kappa shape index (κ2) is 5.52. The first kappa shape index (κ1) is 11.7. The van der Waals surface area contributed by atoms with Gasteiger partial charge in [-0.15, -0.1) is 0 Å². The third-order valence-electron chi connectivity index (χ3n) is 1.98. The molecule has 0 unspecified atom stereocenters. The standard InChI is InChI=1S/C13H11NO2/c1-10-5-7-11(8-6-10)3-2-4-12(9-14)13(15)16/h2-8H,1H3,(H,15,16). The number of rotatable bonds is 3. The highest BCUT2D eigenvalue weighted by Crippen LogP contribution is 2.05. The Bertz CT molecular complexity index is 476. The zero-order valence-corrected chi connectivity index (χ0v) is 8.84. The van der Waals surface area contributed by atoms with Crippen molar-refractivity contribution in [1.82, 2.24) is 0 Å². The maximum Gasteiger partial charge on any atom is 0.346 e. The molecular formula is C13H11NO2. The van der Waals surface area contributed by atoms with Gasteiger partial charge in [0.15, 0.2) is 0 Å². The molecule has 0 amide bonds. The fourth-order valence-corrected chi connectivity index (χ4v) is 1.09. The number of carboxylic acids is 1. The largest absolute Gasteiger partial charge is 0.477 e. The molecule has 1 aromatic carbocycles.